The predicted octanol–water partition coefficient (Wildman–Crippen LogP) is 0.0937. The van der Waals surface area contributed by atoms with Gasteiger partial charge in [0, 0.05) is 11.1 Å². The Kier molecular flexibility index (Phi) is 11.7. The zero-order chi connectivity index (χ0) is 19.8. The third kappa shape index (κ3) is 9.32. The molecule has 0 aliphatic heterocycles. The molecule has 0 saturated heterocycles. The van der Waals surface area contributed by atoms with Gasteiger partial charge in [0.15, 0.2) is 0 Å². The second-order valence-corrected chi connectivity index (χ2v) is 6.88. The van der Waals surface area contributed by atoms with E-state index in [1.165, 1.54) is 20.8 Å². The van der Waals surface area contributed by atoms with Gasteiger partial charge in [-0.15, -0.1) is 0 Å². The van der Waals surface area contributed by atoms with Crippen molar-refractivity contribution < 1.29 is 41.6 Å². The Hall–Kier alpha value is -1.43. The average molecular weight is 405 g/mol. The molecule has 0 aromatic rings. The number of hydrogen-bond acceptors (Lipinski definition) is 8. The van der Waals surface area contributed by atoms with Gasteiger partial charge in [-0.25, -0.2) is 9.59 Å². The van der Waals surface area contributed by atoms with Gasteiger partial charge >= 0.3 is 51.1 Å². The fourth-order valence-electron chi connectivity index (χ4n) is 1.44. The standard InChI is InChI=1S/C15H22O9S.Mg.2H/c1-6-15(7-22-12(16)10(2)3,8-23-13(17)11(4)5)14(18)24-9-25(19,20)21;;;/h2,4,6-9H2,1,3,5H3,(H,19,20,21);;;. The number of carbonyl (C=O) groups is 3. The maximum atomic E-state index is 12.3. The fourth-order valence-corrected chi connectivity index (χ4v) is 1.70. The van der Waals surface area contributed by atoms with Crippen LogP contribution in [-0.2, 0) is 38.7 Å². The van der Waals surface area contributed by atoms with Crippen LogP contribution in [0.1, 0.15) is 27.2 Å². The summed E-state index contributed by atoms with van der Waals surface area (Å²) in [5, 5.41) is 0. The van der Waals surface area contributed by atoms with E-state index in [0.29, 0.717) is 0 Å². The zero-order valence-electron chi connectivity index (χ0n) is 14.4. The Bertz CT molecular complexity index is 637. The molecule has 0 fully saturated rings. The second-order valence-electron chi connectivity index (χ2n) is 5.48. The highest BCUT2D eigenvalue weighted by Crippen LogP contribution is 2.26. The number of rotatable bonds is 10. The molecular weight excluding hydrogens is 381 g/mol. The van der Waals surface area contributed by atoms with E-state index in [1.54, 1.807) is 0 Å². The van der Waals surface area contributed by atoms with Gasteiger partial charge in [-0.1, -0.05) is 20.1 Å². The van der Waals surface area contributed by atoms with Crippen molar-refractivity contribution in [2.75, 3.05) is 19.2 Å². The van der Waals surface area contributed by atoms with Crippen LogP contribution in [0.4, 0.5) is 0 Å². The molecule has 0 saturated carbocycles. The van der Waals surface area contributed by atoms with E-state index >= 15 is 0 Å². The highest BCUT2D eigenvalue weighted by atomic mass is 32.2. The van der Waals surface area contributed by atoms with Gasteiger partial charge in [0.1, 0.15) is 18.6 Å². The van der Waals surface area contributed by atoms with E-state index in [-0.39, 0.29) is 40.6 Å². The van der Waals surface area contributed by atoms with E-state index in [2.05, 4.69) is 17.9 Å². The summed E-state index contributed by atoms with van der Waals surface area (Å²) in [6.45, 7) is 10.0. The highest BCUT2D eigenvalue weighted by Gasteiger charge is 2.42. The summed E-state index contributed by atoms with van der Waals surface area (Å²) in [4.78, 5) is 35.4. The molecule has 0 rings (SSSR count). The lowest BCUT2D eigenvalue weighted by molar-refractivity contribution is -0.169. The molecule has 9 nitrogen and oxygen atoms in total. The first-order valence-electron chi connectivity index (χ1n) is 7.12. The van der Waals surface area contributed by atoms with E-state index in [1.807, 2.05) is 0 Å². The zero-order valence-corrected chi connectivity index (χ0v) is 15.2. The van der Waals surface area contributed by atoms with Crippen LogP contribution in [0, 0.1) is 5.41 Å². The van der Waals surface area contributed by atoms with Crippen molar-refractivity contribution in [3.8, 4) is 0 Å². The minimum Gasteiger partial charge on any atom is -0.461 e. The minimum absolute atomic E-state index is 0. The van der Waals surface area contributed by atoms with E-state index in [0.717, 1.165) is 0 Å². The predicted molar refractivity (Wildman–Crippen MR) is 95.3 cm³/mol. The van der Waals surface area contributed by atoms with Crippen LogP contribution >= 0.6 is 0 Å². The van der Waals surface area contributed by atoms with Crippen molar-refractivity contribution in [1.82, 2.24) is 0 Å². The van der Waals surface area contributed by atoms with Crippen molar-refractivity contribution in [2.24, 2.45) is 5.41 Å². The van der Waals surface area contributed by atoms with Gasteiger partial charge in [-0.3, -0.25) is 9.35 Å². The molecule has 1 N–H and O–H groups in total. The molecule has 0 aromatic heterocycles. The van der Waals surface area contributed by atoms with Crippen LogP contribution in [-0.4, -0.2) is 73.1 Å². The minimum atomic E-state index is -4.56. The van der Waals surface area contributed by atoms with Crippen LogP contribution in [0.3, 0.4) is 0 Å². The van der Waals surface area contributed by atoms with Gasteiger partial charge in [-0.05, 0) is 20.3 Å². The summed E-state index contributed by atoms with van der Waals surface area (Å²) < 4.78 is 44.6. The Morgan fingerprint density at radius 1 is 0.962 bits per heavy atom. The van der Waals surface area contributed by atoms with Crippen molar-refractivity contribution >= 4 is 51.1 Å². The molecule has 11 heteroatoms. The topological polar surface area (TPSA) is 133 Å². The Morgan fingerprint density at radius 2 is 1.35 bits per heavy atom. The van der Waals surface area contributed by atoms with Crippen LogP contribution in [0.2, 0.25) is 0 Å². The molecule has 0 amide bonds. The maximum Gasteiger partial charge on any atom is 0.333 e. The lowest BCUT2D eigenvalue weighted by Crippen LogP contribution is -2.43. The van der Waals surface area contributed by atoms with E-state index < -0.39 is 52.6 Å². The van der Waals surface area contributed by atoms with Crippen LogP contribution in [0.15, 0.2) is 24.3 Å². The van der Waals surface area contributed by atoms with Gasteiger partial charge in [0.2, 0.25) is 5.94 Å². The number of carbonyl (C=O) groups excluding carboxylic acids is 3. The molecule has 0 spiro atoms. The van der Waals surface area contributed by atoms with Crippen molar-refractivity contribution in [1.29, 1.82) is 0 Å². The van der Waals surface area contributed by atoms with Crippen molar-refractivity contribution in [2.45, 2.75) is 27.2 Å². The normalized spacial score (nSPS) is 10.9. The van der Waals surface area contributed by atoms with E-state index in [4.69, 9.17) is 14.0 Å². The third-order valence-corrected chi connectivity index (χ3v) is 3.52. The fraction of sp³-hybridized carbons (Fsp3) is 0.533. The first-order valence-corrected chi connectivity index (χ1v) is 8.73. The lowest BCUT2D eigenvalue weighted by Gasteiger charge is -2.29. The van der Waals surface area contributed by atoms with Gasteiger partial charge in [0.25, 0.3) is 0 Å². The number of esters is 3. The molecule has 0 heterocycles. The average Bonchev–Trinajstić information content (AvgIpc) is 2.51. The smallest absolute Gasteiger partial charge is 0.333 e. The SMILES string of the molecule is C=C(C)C(=O)OCC(CC)(COC(=O)C(=C)C)C(=O)OCS(=O)(=O)O.[MgH2]. The Morgan fingerprint density at radius 3 is 1.62 bits per heavy atom. The quantitative estimate of drug-likeness (QED) is 0.177. The lowest BCUT2D eigenvalue weighted by atomic mass is 9.87. The Balaban J connectivity index is 0. The summed E-state index contributed by atoms with van der Waals surface area (Å²) in [5.41, 5.74) is -1.49. The first kappa shape index (κ1) is 26.8. The van der Waals surface area contributed by atoms with Crippen molar-refractivity contribution in [3.63, 3.8) is 0 Å². The first-order chi connectivity index (χ1) is 11.3. The highest BCUT2D eigenvalue weighted by molar-refractivity contribution is 7.85. The number of ether oxygens (including phenoxy) is 3. The summed E-state index contributed by atoms with van der Waals surface area (Å²) in [7, 11) is -4.56. The van der Waals surface area contributed by atoms with Gasteiger partial charge < -0.3 is 14.2 Å². The molecule has 0 radical (unpaired) electrons. The second kappa shape index (κ2) is 11.3. The molecule has 0 unspecified atom stereocenters. The summed E-state index contributed by atoms with van der Waals surface area (Å²) in [6.07, 6.45) is -0.00967. The number of hydrogen-bond donors (Lipinski definition) is 1. The molecule has 26 heavy (non-hydrogen) atoms. The van der Waals surface area contributed by atoms with Crippen LogP contribution in [0.5, 0.6) is 0 Å². The summed E-state index contributed by atoms with van der Waals surface area (Å²) >= 11 is 0. The third-order valence-electron chi connectivity index (χ3n) is 3.10. The summed E-state index contributed by atoms with van der Waals surface area (Å²) in [5.74, 6) is -3.97. The van der Waals surface area contributed by atoms with Gasteiger partial charge in [-0.2, -0.15) is 8.42 Å². The molecule has 0 bridgehead atoms. The molecule has 0 atom stereocenters. The van der Waals surface area contributed by atoms with Gasteiger partial charge in [0.05, 0.1) is 0 Å². The summed E-state index contributed by atoms with van der Waals surface area (Å²) in [6, 6.07) is 0. The monoisotopic (exact) mass is 404 g/mol. The van der Waals surface area contributed by atoms with Crippen LogP contribution in [0.25, 0.3) is 0 Å². The molecular formula is C15H24MgO9S. The van der Waals surface area contributed by atoms with Crippen molar-refractivity contribution in [3.05, 3.63) is 24.3 Å². The molecule has 0 aliphatic carbocycles. The maximum absolute atomic E-state index is 12.3. The molecule has 0 aliphatic rings. The Labute approximate surface area is 168 Å². The molecule has 146 valence electrons. The van der Waals surface area contributed by atoms with Crippen LogP contribution < -0.4 is 0 Å². The molecule has 0 aromatic carbocycles. The largest absolute Gasteiger partial charge is 0.461 e. The van der Waals surface area contributed by atoms with E-state index in [9.17, 15) is 22.8 Å².